The lowest BCUT2D eigenvalue weighted by Gasteiger charge is -2.05. The van der Waals surface area contributed by atoms with Gasteiger partial charge in [0.1, 0.15) is 0 Å². The lowest BCUT2D eigenvalue weighted by molar-refractivity contribution is -0.148. The highest BCUT2D eigenvalue weighted by Gasteiger charge is 2.55. The Morgan fingerprint density at radius 3 is 2.14 bits per heavy atom. The maximum absolute atomic E-state index is 12.2. The zero-order valence-corrected chi connectivity index (χ0v) is 7.38. The number of hydrogen-bond acceptors (Lipinski definition) is 1. The fourth-order valence-corrected chi connectivity index (χ4v) is 1.67. The van der Waals surface area contributed by atoms with Crippen LogP contribution in [0.1, 0.15) is 17.9 Å². The number of nitrogens with two attached hydrogens (primary N) is 1. The summed E-state index contributed by atoms with van der Waals surface area (Å²) in [6.07, 6.45) is -3.83. The summed E-state index contributed by atoms with van der Waals surface area (Å²) in [6.45, 7) is 0. The van der Waals surface area contributed by atoms with E-state index in [-0.39, 0.29) is 12.3 Å². The highest BCUT2D eigenvalue weighted by atomic mass is 19.4. The number of nitrogen functional groups attached to an aromatic ring is 1. The third-order valence-electron chi connectivity index (χ3n) is 2.58. The molecule has 4 heteroatoms. The molecule has 0 spiro atoms. The van der Waals surface area contributed by atoms with Crippen molar-refractivity contribution in [2.75, 3.05) is 5.73 Å². The number of benzene rings is 1. The van der Waals surface area contributed by atoms with E-state index in [9.17, 15) is 13.2 Å². The van der Waals surface area contributed by atoms with Crippen LogP contribution in [0, 0.1) is 5.92 Å². The van der Waals surface area contributed by atoms with E-state index in [1.165, 1.54) is 0 Å². The van der Waals surface area contributed by atoms with Gasteiger partial charge < -0.3 is 5.73 Å². The van der Waals surface area contributed by atoms with Gasteiger partial charge in [-0.15, -0.1) is 0 Å². The molecule has 14 heavy (non-hydrogen) atoms. The van der Waals surface area contributed by atoms with Gasteiger partial charge in [-0.2, -0.15) is 13.2 Å². The van der Waals surface area contributed by atoms with Crippen LogP contribution in [0.2, 0.25) is 0 Å². The van der Waals surface area contributed by atoms with E-state index in [4.69, 9.17) is 5.73 Å². The second kappa shape index (κ2) is 2.90. The molecule has 1 aliphatic rings. The fourth-order valence-electron chi connectivity index (χ4n) is 1.67. The van der Waals surface area contributed by atoms with Crippen LogP contribution in [-0.4, -0.2) is 6.18 Å². The Hall–Kier alpha value is -1.19. The molecular weight excluding hydrogens is 191 g/mol. The largest absolute Gasteiger partial charge is 0.399 e. The normalized spacial score (nSPS) is 26.2. The van der Waals surface area contributed by atoms with Gasteiger partial charge in [-0.1, -0.05) is 12.1 Å². The lowest BCUT2D eigenvalue weighted by atomic mass is 10.1. The van der Waals surface area contributed by atoms with Crippen LogP contribution in [0.25, 0.3) is 0 Å². The first-order valence-electron chi connectivity index (χ1n) is 4.40. The van der Waals surface area contributed by atoms with Crippen LogP contribution in [0.5, 0.6) is 0 Å². The fraction of sp³-hybridized carbons (Fsp3) is 0.400. The molecule has 1 aromatic carbocycles. The SMILES string of the molecule is Nc1ccc([C@H]2C[C@@H]2C(F)(F)F)cc1. The minimum atomic E-state index is -4.05. The van der Waals surface area contributed by atoms with Crippen molar-refractivity contribution < 1.29 is 13.2 Å². The average Bonchev–Trinajstić information content (AvgIpc) is 2.83. The van der Waals surface area contributed by atoms with Crippen molar-refractivity contribution in [3.05, 3.63) is 29.8 Å². The molecule has 0 aromatic heterocycles. The summed E-state index contributed by atoms with van der Waals surface area (Å²) >= 11 is 0. The lowest BCUT2D eigenvalue weighted by Crippen LogP contribution is -2.11. The van der Waals surface area contributed by atoms with E-state index in [1.54, 1.807) is 24.3 Å². The van der Waals surface area contributed by atoms with E-state index in [2.05, 4.69) is 0 Å². The second-order valence-corrected chi connectivity index (χ2v) is 3.66. The molecule has 0 aliphatic heterocycles. The molecule has 1 aromatic rings. The van der Waals surface area contributed by atoms with Crippen LogP contribution >= 0.6 is 0 Å². The Kier molecular flexibility index (Phi) is 1.94. The molecule has 0 bridgehead atoms. The first-order valence-corrected chi connectivity index (χ1v) is 4.40. The standard InChI is InChI=1S/C10H10F3N/c11-10(12,13)9-5-8(9)6-1-3-7(14)4-2-6/h1-4,8-9H,5,14H2/t8-,9+/m1/s1. The van der Waals surface area contributed by atoms with Gasteiger partial charge in [-0.05, 0) is 30.0 Å². The third-order valence-corrected chi connectivity index (χ3v) is 2.58. The average molecular weight is 201 g/mol. The smallest absolute Gasteiger partial charge is 0.392 e. The van der Waals surface area contributed by atoms with Crippen molar-refractivity contribution in [1.29, 1.82) is 0 Å². The van der Waals surface area contributed by atoms with Crippen molar-refractivity contribution >= 4 is 5.69 Å². The topological polar surface area (TPSA) is 26.0 Å². The Morgan fingerprint density at radius 1 is 1.14 bits per heavy atom. The molecule has 2 N–H and O–H groups in total. The third kappa shape index (κ3) is 1.69. The van der Waals surface area contributed by atoms with Crippen LogP contribution in [0.3, 0.4) is 0 Å². The van der Waals surface area contributed by atoms with E-state index in [0.29, 0.717) is 5.69 Å². The molecule has 1 saturated carbocycles. The summed E-state index contributed by atoms with van der Waals surface area (Å²) < 4.78 is 36.7. The molecule has 2 rings (SSSR count). The predicted octanol–water partition coefficient (Wildman–Crippen LogP) is 2.93. The van der Waals surface area contributed by atoms with Crippen molar-refractivity contribution in [2.24, 2.45) is 5.92 Å². The number of halogens is 3. The van der Waals surface area contributed by atoms with Crippen molar-refractivity contribution in [1.82, 2.24) is 0 Å². The van der Waals surface area contributed by atoms with E-state index < -0.39 is 12.1 Å². The first kappa shape index (κ1) is 9.37. The summed E-state index contributed by atoms with van der Waals surface area (Å²) in [7, 11) is 0. The van der Waals surface area contributed by atoms with Crippen molar-refractivity contribution in [2.45, 2.75) is 18.5 Å². The Bertz CT molecular complexity index is 328. The molecule has 0 heterocycles. The molecule has 1 fully saturated rings. The Balaban J connectivity index is 2.10. The molecule has 0 amide bonds. The molecular formula is C10H10F3N. The number of hydrogen-bond donors (Lipinski definition) is 1. The zero-order chi connectivity index (χ0) is 10.3. The zero-order valence-electron chi connectivity index (χ0n) is 7.38. The first-order chi connectivity index (χ1) is 6.48. The minimum absolute atomic E-state index is 0.216. The van der Waals surface area contributed by atoms with Gasteiger partial charge in [-0.3, -0.25) is 0 Å². The van der Waals surface area contributed by atoms with Crippen molar-refractivity contribution in [3.63, 3.8) is 0 Å². The summed E-state index contributed by atoms with van der Waals surface area (Å²) in [5.41, 5.74) is 6.76. The second-order valence-electron chi connectivity index (χ2n) is 3.66. The van der Waals surface area contributed by atoms with E-state index >= 15 is 0 Å². The molecule has 1 aliphatic carbocycles. The monoisotopic (exact) mass is 201 g/mol. The van der Waals surface area contributed by atoms with Gasteiger partial charge in [0, 0.05) is 5.69 Å². The quantitative estimate of drug-likeness (QED) is 0.694. The summed E-state index contributed by atoms with van der Waals surface area (Å²) in [6, 6.07) is 6.62. The van der Waals surface area contributed by atoms with Gasteiger partial charge in [0.25, 0.3) is 0 Å². The van der Waals surface area contributed by atoms with Gasteiger partial charge in [0.2, 0.25) is 0 Å². The highest BCUT2D eigenvalue weighted by Crippen LogP contribution is 2.56. The number of anilines is 1. The van der Waals surface area contributed by atoms with E-state index in [1.807, 2.05) is 0 Å². The maximum atomic E-state index is 12.2. The van der Waals surface area contributed by atoms with E-state index in [0.717, 1.165) is 5.56 Å². The van der Waals surface area contributed by atoms with Crippen LogP contribution in [0.15, 0.2) is 24.3 Å². The van der Waals surface area contributed by atoms with Crippen LogP contribution < -0.4 is 5.73 Å². The Morgan fingerprint density at radius 2 is 1.71 bits per heavy atom. The molecule has 76 valence electrons. The molecule has 0 unspecified atom stereocenters. The minimum Gasteiger partial charge on any atom is -0.399 e. The predicted molar refractivity (Wildman–Crippen MR) is 47.8 cm³/mol. The number of rotatable bonds is 1. The number of alkyl halides is 3. The highest BCUT2D eigenvalue weighted by molar-refractivity contribution is 5.41. The van der Waals surface area contributed by atoms with Crippen molar-refractivity contribution in [3.8, 4) is 0 Å². The molecule has 0 radical (unpaired) electrons. The summed E-state index contributed by atoms with van der Waals surface area (Å²) in [5, 5.41) is 0. The van der Waals surface area contributed by atoms with Gasteiger partial charge in [-0.25, -0.2) is 0 Å². The van der Waals surface area contributed by atoms with Gasteiger partial charge in [0.05, 0.1) is 5.92 Å². The van der Waals surface area contributed by atoms with Crippen LogP contribution in [-0.2, 0) is 0 Å². The van der Waals surface area contributed by atoms with Gasteiger partial charge >= 0.3 is 6.18 Å². The summed E-state index contributed by atoms with van der Waals surface area (Å²) in [5.74, 6) is -1.50. The maximum Gasteiger partial charge on any atom is 0.392 e. The summed E-state index contributed by atoms with van der Waals surface area (Å²) in [4.78, 5) is 0. The molecule has 1 nitrogen and oxygen atoms in total. The van der Waals surface area contributed by atoms with Crippen LogP contribution in [0.4, 0.5) is 18.9 Å². The Labute approximate surface area is 79.7 Å². The molecule has 2 atom stereocenters. The molecule has 0 saturated heterocycles. The van der Waals surface area contributed by atoms with Gasteiger partial charge in [0.15, 0.2) is 0 Å².